The Morgan fingerprint density at radius 3 is 2.24 bits per heavy atom. The number of fused-ring (bicyclic) bond motifs is 1. The Labute approximate surface area is 144 Å². The molecule has 1 aromatic carbocycles. The lowest BCUT2D eigenvalue weighted by Gasteiger charge is -2.10. The van der Waals surface area contributed by atoms with Crippen molar-refractivity contribution >= 4 is 20.9 Å². The largest absolute Gasteiger partial charge is 0.400 e. The second-order valence-corrected chi connectivity index (χ2v) is 7.35. The number of aliphatic hydroxyl groups is 1. The van der Waals surface area contributed by atoms with Gasteiger partial charge in [0.25, 0.3) is 10.0 Å². The maximum Gasteiger partial charge on any atom is 0.268 e. The first-order chi connectivity index (χ1) is 11.8. The smallest absolute Gasteiger partial charge is 0.268 e. The molecule has 0 saturated heterocycles. The number of hydrogen-bond acceptors (Lipinski definition) is 4. The summed E-state index contributed by atoms with van der Waals surface area (Å²) in [4.78, 5) is 3.63. The number of aromatic nitrogens is 2. The van der Waals surface area contributed by atoms with Crippen LogP contribution in [-0.4, -0.2) is 29.6 Å². The molecule has 0 saturated carbocycles. The lowest BCUT2D eigenvalue weighted by molar-refractivity contribution is 0.399. The first-order valence-electron chi connectivity index (χ1n) is 7.42. The van der Waals surface area contributed by atoms with Gasteiger partial charge in [0, 0.05) is 31.0 Å². The van der Waals surface area contributed by atoms with Crippen molar-refractivity contribution in [1.82, 2.24) is 8.96 Å². The van der Waals surface area contributed by atoms with E-state index in [2.05, 4.69) is 4.98 Å². The van der Waals surface area contributed by atoms with Crippen LogP contribution >= 0.6 is 0 Å². The fourth-order valence-corrected chi connectivity index (χ4v) is 3.89. The summed E-state index contributed by atoms with van der Waals surface area (Å²) < 4.78 is 53.1. The summed E-state index contributed by atoms with van der Waals surface area (Å²) >= 11 is 0. The predicted octanol–water partition coefficient (Wildman–Crippen LogP) is 3.28. The molecule has 134 valence electrons. The minimum Gasteiger partial charge on any atom is -0.400 e. The molecule has 3 aromatic rings. The molecule has 0 bridgehead atoms. The van der Waals surface area contributed by atoms with Gasteiger partial charge in [0.1, 0.15) is 11.6 Å². The van der Waals surface area contributed by atoms with Gasteiger partial charge in [-0.1, -0.05) is 13.8 Å². The SMILES string of the molecule is CC(C)c1cncc2c1ccn2S(=O)(=O)c1cc(F)cc(F)c1.CO. The molecular weight excluding hydrogens is 350 g/mol. The molecule has 0 spiro atoms. The number of benzene rings is 1. The van der Waals surface area contributed by atoms with Crippen LogP contribution in [0.5, 0.6) is 0 Å². The third kappa shape index (κ3) is 3.54. The van der Waals surface area contributed by atoms with Crippen LogP contribution in [0.2, 0.25) is 0 Å². The molecule has 25 heavy (non-hydrogen) atoms. The number of hydrogen-bond donors (Lipinski definition) is 1. The molecule has 8 heteroatoms. The molecule has 0 aliphatic rings. The molecule has 5 nitrogen and oxygen atoms in total. The third-order valence-corrected chi connectivity index (χ3v) is 5.29. The fraction of sp³-hybridized carbons (Fsp3) is 0.235. The lowest BCUT2D eigenvalue weighted by atomic mass is 10.0. The number of aliphatic hydroxyl groups excluding tert-OH is 1. The second kappa shape index (κ2) is 7.28. The number of rotatable bonds is 3. The van der Waals surface area contributed by atoms with E-state index in [0.717, 1.165) is 34.2 Å². The van der Waals surface area contributed by atoms with Crippen molar-refractivity contribution in [2.75, 3.05) is 7.11 Å². The van der Waals surface area contributed by atoms with E-state index in [0.29, 0.717) is 11.6 Å². The molecule has 0 fully saturated rings. The van der Waals surface area contributed by atoms with Crippen LogP contribution in [0.1, 0.15) is 25.3 Å². The lowest BCUT2D eigenvalue weighted by Crippen LogP contribution is -2.12. The average molecular weight is 368 g/mol. The van der Waals surface area contributed by atoms with Gasteiger partial charge in [0.2, 0.25) is 0 Å². The molecule has 2 aromatic heterocycles. The summed E-state index contributed by atoms with van der Waals surface area (Å²) in [7, 11) is -3.11. The van der Waals surface area contributed by atoms with E-state index in [9.17, 15) is 17.2 Å². The van der Waals surface area contributed by atoms with Crippen LogP contribution in [0, 0.1) is 11.6 Å². The summed E-state index contributed by atoms with van der Waals surface area (Å²) in [6, 6.07) is 3.89. The first-order valence-corrected chi connectivity index (χ1v) is 8.86. The molecule has 0 unspecified atom stereocenters. The zero-order valence-electron chi connectivity index (χ0n) is 13.9. The van der Waals surface area contributed by atoms with Crippen molar-refractivity contribution in [2.45, 2.75) is 24.7 Å². The highest BCUT2D eigenvalue weighted by atomic mass is 32.2. The molecule has 3 rings (SSSR count). The molecule has 0 radical (unpaired) electrons. The van der Waals surface area contributed by atoms with Crippen LogP contribution in [0.15, 0.2) is 47.8 Å². The normalized spacial score (nSPS) is 11.5. The van der Waals surface area contributed by atoms with Gasteiger partial charge in [0.15, 0.2) is 0 Å². The summed E-state index contributed by atoms with van der Waals surface area (Å²) in [5, 5.41) is 7.75. The van der Waals surface area contributed by atoms with Gasteiger partial charge in [-0.05, 0) is 29.7 Å². The van der Waals surface area contributed by atoms with Gasteiger partial charge >= 0.3 is 0 Å². The maximum atomic E-state index is 13.4. The minimum absolute atomic E-state index is 0.163. The van der Waals surface area contributed by atoms with Crippen LogP contribution in [0.25, 0.3) is 10.9 Å². The van der Waals surface area contributed by atoms with Crippen molar-refractivity contribution in [3.05, 3.63) is 60.1 Å². The predicted molar refractivity (Wildman–Crippen MR) is 90.9 cm³/mol. The quantitative estimate of drug-likeness (QED) is 0.770. The van der Waals surface area contributed by atoms with E-state index in [-0.39, 0.29) is 5.92 Å². The zero-order valence-corrected chi connectivity index (χ0v) is 14.8. The minimum atomic E-state index is -4.11. The van der Waals surface area contributed by atoms with Gasteiger partial charge in [-0.25, -0.2) is 21.2 Å². The molecule has 2 heterocycles. The van der Waals surface area contributed by atoms with E-state index in [1.807, 2.05) is 13.8 Å². The van der Waals surface area contributed by atoms with Crippen molar-refractivity contribution in [1.29, 1.82) is 0 Å². The average Bonchev–Trinajstić information content (AvgIpc) is 3.00. The van der Waals surface area contributed by atoms with Crippen molar-refractivity contribution < 1.29 is 22.3 Å². The summed E-state index contributed by atoms with van der Waals surface area (Å²) in [6.07, 6.45) is 4.48. The Morgan fingerprint density at radius 2 is 1.68 bits per heavy atom. The molecule has 1 N–H and O–H groups in total. The Morgan fingerprint density at radius 1 is 1.08 bits per heavy atom. The van der Waals surface area contributed by atoms with Crippen LogP contribution in [0.4, 0.5) is 8.78 Å². The Balaban J connectivity index is 0.00000109. The van der Waals surface area contributed by atoms with Crippen molar-refractivity contribution in [2.24, 2.45) is 0 Å². The fourth-order valence-electron chi connectivity index (χ4n) is 2.52. The topological polar surface area (TPSA) is 72.2 Å². The van der Waals surface area contributed by atoms with E-state index in [1.54, 1.807) is 12.3 Å². The highest BCUT2D eigenvalue weighted by Crippen LogP contribution is 2.28. The van der Waals surface area contributed by atoms with Crippen molar-refractivity contribution in [3.8, 4) is 0 Å². The van der Waals surface area contributed by atoms with E-state index < -0.39 is 26.6 Å². The van der Waals surface area contributed by atoms with Crippen LogP contribution < -0.4 is 0 Å². The number of halogens is 2. The molecule has 0 atom stereocenters. The van der Waals surface area contributed by atoms with Crippen LogP contribution in [0.3, 0.4) is 0 Å². The molecular formula is C17H18F2N2O3S. The maximum absolute atomic E-state index is 13.4. The Bertz CT molecular complexity index is 978. The van der Waals surface area contributed by atoms with Gasteiger partial charge in [-0.2, -0.15) is 0 Å². The molecule has 0 aliphatic heterocycles. The monoisotopic (exact) mass is 368 g/mol. The van der Waals surface area contributed by atoms with E-state index >= 15 is 0 Å². The van der Waals surface area contributed by atoms with Crippen LogP contribution in [-0.2, 0) is 10.0 Å². The molecule has 0 aliphatic carbocycles. The van der Waals surface area contributed by atoms with E-state index in [4.69, 9.17) is 5.11 Å². The Hall–Kier alpha value is -2.32. The number of nitrogens with zero attached hydrogens (tertiary/aromatic N) is 2. The number of pyridine rings is 1. The van der Waals surface area contributed by atoms with Crippen molar-refractivity contribution in [3.63, 3.8) is 0 Å². The summed E-state index contributed by atoms with van der Waals surface area (Å²) in [5.41, 5.74) is 1.28. The standard InChI is InChI=1S/C16H14F2N2O2S.CH4O/c1-10(2)15-8-19-9-16-14(15)3-4-20(16)23(21,22)13-6-11(17)5-12(18)7-13;1-2/h3-10H,1-2H3;2H,1H3. The highest BCUT2D eigenvalue weighted by molar-refractivity contribution is 7.90. The molecule has 0 amide bonds. The third-order valence-electron chi connectivity index (χ3n) is 3.63. The summed E-state index contributed by atoms with van der Waals surface area (Å²) in [5.74, 6) is -1.72. The highest BCUT2D eigenvalue weighted by Gasteiger charge is 2.22. The van der Waals surface area contributed by atoms with Gasteiger partial charge in [-0.3, -0.25) is 4.98 Å². The summed E-state index contributed by atoms with van der Waals surface area (Å²) in [6.45, 7) is 3.95. The second-order valence-electron chi connectivity index (χ2n) is 5.54. The van der Waals surface area contributed by atoms with Gasteiger partial charge in [-0.15, -0.1) is 0 Å². The Kier molecular flexibility index (Phi) is 5.54. The first kappa shape index (κ1) is 19.0. The van der Waals surface area contributed by atoms with Gasteiger partial charge in [0.05, 0.1) is 16.6 Å². The van der Waals surface area contributed by atoms with E-state index in [1.165, 1.54) is 12.4 Å². The van der Waals surface area contributed by atoms with Gasteiger partial charge < -0.3 is 5.11 Å². The zero-order chi connectivity index (χ0) is 18.8.